The Labute approximate surface area is 116 Å². The third-order valence-corrected chi connectivity index (χ3v) is 3.03. The zero-order chi connectivity index (χ0) is 14.3. The summed E-state index contributed by atoms with van der Waals surface area (Å²) in [5.41, 5.74) is 1.93. The van der Waals surface area contributed by atoms with Gasteiger partial charge in [-0.25, -0.2) is 0 Å². The number of nitrogens with zero attached hydrogens (tertiary/aromatic N) is 1. The number of rotatable bonds is 3. The normalized spacial score (nSPS) is 14.9. The molecule has 2 rings (SSSR count). The lowest BCUT2D eigenvalue weighted by molar-refractivity contribution is 0.0939. The summed E-state index contributed by atoms with van der Waals surface area (Å²) < 4.78 is 5.33. The summed E-state index contributed by atoms with van der Waals surface area (Å²) in [6, 6.07) is 7.91. The molecule has 0 unspecified atom stereocenters. The number of morpholine rings is 1. The molecule has 106 valence electrons. The number of ether oxygens (including phenoxy) is 1. The van der Waals surface area contributed by atoms with Gasteiger partial charge in [-0.3, -0.25) is 4.79 Å². The van der Waals surface area contributed by atoms with Crippen LogP contribution in [0.2, 0.25) is 0 Å². The van der Waals surface area contributed by atoms with E-state index in [2.05, 4.69) is 11.0 Å². The smallest absolute Gasteiger partial charge is 0.165 e. The van der Waals surface area contributed by atoms with Crippen LogP contribution in [0.4, 0.5) is 5.69 Å². The standard InChI is InChI=1S/C14H19NO2.C2H6/c1-11(2)14(16)12-4-3-5-13(10-12)15-6-8-17-9-7-15;1-2/h3-5,10-11H,6-9H2,1-2H3;1-2H3. The van der Waals surface area contributed by atoms with Gasteiger partial charge in [-0.1, -0.05) is 39.8 Å². The molecular formula is C16H25NO2. The highest BCUT2D eigenvalue weighted by Gasteiger charge is 2.14. The molecule has 19 heavy (non-hydrogen) atoms. The van der Waals surface area contributed by atoms with Gasteiger partial charge < -0.3 is 9.64 Å². The van der Waals surface area contributed by atoms with E-state index in [0.717, 1.165) is 37.6 Å². The molecule has 1 fully saturated rings. The average molecular weight is 263 g/mol. The number of carbonyl (C=O) groups excluding carboxylic acids is 1. The first kappa shape index (κ1) is 15.7. The minimum Gasteiger partial charge on any atom is -0.378 e. The van der Waals surface area contributed by atoms with Crippen molar-refractivity contribution >= 4 is 11.5 Å². The second-order valence-corrected chi connectivity index (χ2v) is 4.67. The third-order valence-electron chi connectivity index (χ3n) is 3.03. The van der Waals surface area contributed by atoms with Crippen molar-refractivity contribution in [2.45, 2.75) is 27.7 Å². The molecule has 3 heteroatoms. The molecule has 1 saturated heterocycles. The van der Waals surface area contributed by atoms with Gasteiger partial charge in [0.15, 0.2) is 5.78 Å². The fourth-order valence-electron chi connectivity index (χ4n) is 2.01. The lowest BCUT2D eigenvalue weighted by Crippen LogP contribution is -2.36. The Morgan fingerprint density at radius 3 is 2.42 bits per heavy atom. The Hall–Kier alpha value is -1.35. The highest BCUT2D eigenvalue weighted by atomic mass is 16.5. The van der Waals surface area contributed by atoms with Crippen LogP contribution < -0.4 is 4.90 Å². The molecule has 0 aromatic heterocycles. The van der Waals surface area contributed by atoms with Crippen molar-refractivity contribution < 1.29 is 9.53 Å². The lowest BCUT2D eigenvalue weighted by Gasteiger charge is -2.29. The molecule has 1 aliphatic heterocycles. The van der Waals surface area contributed by atoms with E-state index in [1.54, 1.807) is 0 Å². The molecule has 0 aliphatic carbocycles. The van der Waals surface area contributed by atoms with Crippen LogP contribution in [0.25, 0.3) is 0 Å². The number of hydrogen-bond acceptors (Lipinski definition) is 3. The summed E-state index contributed by atoms with van der Waals surface area (Å²) in [6.07, 6.45) is 0. The van der Waals surface area contributed by atoms with Gasteiger partial charge in [-0.2, -0.15) is 0 Å². The quantitative estimate of drug-likeness (QED) is 0.783. The summed E-state index contributed by atoms with van der Waals surface area (Å²) in [5.74, 6) is 0.259. The first-order chi connectivity index (χ1) is 9.18. The van der Waals surface area contributed by atoms with Gasteiger partial charge in [0.1, 0.15) is 0 Å². The Morgan fingerprint density at radius 2 is 1.84 bits per heavy atom. The fraction of sp³-hybridized carbons (Fsp3) is 0.562. The van der Waals surface area contributed by atoms with Crippen molar-refractivity contribution in [3.8, 4) is 0 Å². The van der Waals surface area contributed by atoms with Gasteiger partial charge in [0, 0.05) is 30.3 Å². The predicted molar refractivity (Wildman–Crippen MR) is 80.0 cm³/mol. The summed E-state index contributed by atoms with van der Waals surface area (Å²) in [5, 5.41) is 0. The van der Waals surface area contributed by atoms with E-state index in [0.29, 0.717) is 0 Å². The topological polar surface area (TPSA) is 29.5 Å². The van der Waals surface area contributed by atoms with Gasteiger partial charge in [0.05, 0.1) is 13.2 Å². The van der Waals surface area contributed by atoms with Crippen molar-refractivity contribution in [3.05, 3.63) is 29.8 Å². The summed E-state index contributed by atoms with van der Waals surface area (Å²) in [7, 11) is 0. The van der Waals surface area contributed by atoms with Crippen LogP contribution in [0, 0.1) is 5.92 Å². The van der Waals surface area contributed by atoms with E-state index in [9.17, 15) is 4.79 Å². The maximum absolute atomic E-state index is 11.9. The highest BCUT2D eigenvalue weighted by molar-refractivity contribution is 5.98. The van der Waals surface area contributed by atoms with Crippen molar-refractivity contribution in [1.29, 1.82) is 0 Å². The molecule has 3 nitrogen and oxygen atoms in total. The Bertz CT molecular complexity index is 395. The molecule has 1 aliphatic rings. The summed E-state index contributed by atoms with van der Waals surface area (Å²) in [6.45, 7) is 11.2. The van der Waals surface area contributed by atoms with Gasteiger partial charge in [-0.05, 0) is 12.1 Å². The van der Waals surface area contributed by atoms with Gasteiger partial charge in [0.2, 0.25) is 0 Å². The monoisotopic (exact) mass is 263 g/mol. The van der Waals surface area contributed by atoms with E-state index in [-0.39, 0.29) is 11.7 Å². The van der Waals surface area contributed by atoms with E-state index >= 15 is 0 Å². The highest BCUT2D eigenvalue weighted by Crippen LogP contribution is 2.19. The molecule has 0 atom stereocenters. The van der Waals surface area contributed by atoms with Crippen molar-refractivity contribution in [3.63, 3.8) is 0 Å². The molecular weight excluding hydrogens is 238 g/mol. The Balaban J connectivity index is 0.000000861. The molecule has 0 amide bonds. The van der Waals surface area contributed by atoms with Gasteiger partial charge in [0.25, 0.3) is 0 Å². The van der Waals surface area contributed by atoms with Crippen molar-refractivity contribution in [2.75, 3.05) is 31.2 Å². The summed E-state index contributed by atoms with van der Waals surface area (Å²) in [4.78, 5) is 14.2. The maximum atomic E-state index is 11.9. The largest absolute Gasteiger partial charge is 0.378 e. The molecule has 0 radical (unpaired) electrons. The van der Waals surface area contributed by atoms with Crippen LogP contribution in [-0.2, 0) is 4.74 Å². The SMILES string of the molecule is CC.CC(C)C(=O)c1cccc(N2CCOCC2)c1. The number of hydrogen-bond donors (Lipinski definition) is 0. The first-order valence-corrected chi connectivity index (χ1v) is 7.15. The molecule has 0 N–H and O–H groups in total. The molecule has 0 spiro atoms. The zero-order valence-corrected chi connectivity index (χ0v) is 12.5. The first-order valence-electron chi connectivity index (χ1n) is 7.15. The average Bonchev–Trinajstić information content (AvgIpc) is 2.49. The van der Waals surface area contributed by atoms with Crippen LogP contribution in [0.5, 0.6) is 0 Å². The predicted octanol–water partition coefficient (Wildman–Crippen LogP) is 3.39. The fourth-order valence-corrected chi connectivity index (χ4v) is 2.01. The van der Waals surface area contributed by atoms with Crippen LogP contribution in [0.1, 0.15) is 38.1 Å². The van der Waals surface area contributed by atoms with Crippen molar-refractivity contribution in [2.24, 2.45) is 5.92 Å². The number of carbonyl (C=O) groups is 1. The van der Waals surface area contributed by atoms with Crippen LogP contribution >= 0.6 is 0 Å². The van der Waals surface area contributed by atoms with E-state index in [4.69, 9.17) is 4.74 Å². The van der Waals surface area contributed by atoms with Crippen molar-refractivity contribution in [1.82, 2.24) is 0 Å². The minimum atomic E-state index is 0.0509. The van der Waals surface area contributed by atoms with Crippen LogP contribution in [-0.4, -0.2) is 32.1 Å². The van der Waals surface area contributed by atoms with Crippen LogP contribution in [0.15, 0.2) is 24.3 Å². The number of anilines is 1. The molecule has 0 bridgehead atoms. The molecule has 0 saturated carbocycles. The minimum absolute atomic E-state index is 0.0509. The molecule has 1 aromatic rings. The zero-order valence-electron chi connectivity index (χ0n) is 12.5. The van der Waals surface area contributed by atoms with Gasteiger partial charge in [-0.15, -0.1) is 0 Å². The van der Waals surface area contributed by atoms with E-state index in [1.165, 1.54) is 0 Å². The third kappa shape index (κ3) is 4.35. The number of Topliss-reactive ketones (excluding diaryl/α,β-unsaturated/α-hetero) is 1. The van der Waals surface area contributed by atoms with Crippen LogP contribution in [0.3, 0.4) is 0 Å². The molecule has 1 aromatic carbocycles. The molecule has 1 heterocycles. The second-order valence-electron chi connectivity index (χ2n) is 4.67. The summed E-state index contributed by atoms with van der Waals surface area (Å²) >= 11 is 0. The van der Waals surface area contributed by atoms with Gasteiger partial charge >= 0.3 is 0 Å². The second kappa shape index (κ2) is 7.95. The lowest BCUT2D eigenvalue weighted by atomic mass is 10.0. The number of benzene rings is 1. The Kier molecular flexibility index (Phi) is 6.57. The maximum Gasteiger partial charge on any atom is 0.165 e. The van der Waals surface area contributed by atoms with E-state index in [1.807, 2.05) is 45.9 Å². The van der Waals surface area contributed by atoms with E-state index < -0.39 is 0 Å². The Morgan fingerprint density at radius 1 is 1.21 bits per heavy atom. The number of ketones is 1.